The maximum atomic E-state index is 6.48. The number of aromatic nitrogens is 1. The summed E-state index contributed by atoms with van der Waals surface area (Å²) in [4.78, 5) is 0. The quantitative estimate of drug-likeness (QED) is 0.504. The summed E-state index contributed by atoms with van der Waals surface area (Å²) in [7, 11) is 8.83. The van der Waals surface area contributed by atoms with E-state index in [1.165, 1.54) is 0 Å². The molecule has 0 amide bonds. The van der Waals surface area contributed by atoms with Crippen molar-refractivity contribution in [3.63, 3.8) is 0 Å². The first-order valence-electron chi connectivity index (χ1n) is 11.0. The Morgan fingerprint density at radius 1 is 0.882 bits per heavy atom. The number of ether oxygens (including phenoxy) is 4. The molecular formula is C27H33ClN2O4. The van der Waals surface area contributed by atoms with Gasteiger partial charge in [0, 0.05) is 42.7 Å². The molecule has 182 valence electrons. The van der Waals surface area contributed by atoms with Gasteiger partial charge in [0.2, 0.25) is 0 Å². The van der Waals surface area contributed by atoms with Crippen molar-refractivity contribution in [1.82, 2.24) is 4.57 Å². The molecule has 0 aliphatic heterocycles. The molecule has 2 atom stereocenters. The van der Waals surface area contributed by atoms with Gasteiger partial charge in [-0.1, -0.05) is 36.4 Å². The highest BCUT2D eigenvalue weighted by Crippen LogP contribution is 2.57. The van der Waals surface area contributed by atoms with Crippen LogP contribution in [-0.4, -0.2) is 39.6 Å². The molecule has 1 aliphatic carbocycles. The molecule has 4 rings (SSSR count). The second-order valence-corrected chi connectivity index (χ2v) is 8.10. The standard InChI is InChI=1S/C27H32N2O4.ClH/c1-29-18(14-15-28)16-20-22(29)17-25(32-4)27(33-5,21-11-7-9-13-24(21)31-3)26(20)19-10-6-8-12-23(19)30-2;/h6-13,16-17,26H,14-15,28H2,1-5H3;1H. The van der Waals surface area contributed by atoms with E-state index in [1.54, 1.807) is 28.4 Å². The minimum atomic E-state index is -0.982. The minimum Gasteiger partial charge on any atom is -0.498 e. The van der Waals surface area contributed by atoms with Crippen LogP contribution in [0.2, 0.25) is 0 Å². The summed E-state index contributed by atoms with van der Waals surface area (Å²) in [6.07, 6.45) is 2.84. The van der Waals surface area contributed by atoms with Gasteiger partial charge in [-0.2, -0.15) is 0 Å². The molecule has 0 spiro atoms. The van der Waals surface area contributed by atoms with Crippen LogP contribution in [0.1, 0.15) is 34.0 Å². The van der Waals surface area contributed by atoms with Gasteiger partial charge in [-0.3, -0.25) is 0 Å². The fraction of sp³-hybridized carbons (Fsp3) is 0.333. The highest BCUT2D eigenvalue weighted by molar-refractivity contribution is 5.85. The number of nitrogens with two attached hydrogens (primary N) is 1. The van der Waals surface area contributed by atoms with Crippen molar-refractivity contribution in [3.05, 3.63) is 88.4 Å². The zero-order valence-electron chi connectivity index (χ0n) is 20.3. The summed E-state index contributed by atoms with van der Waals surface area (Å²) in [5.41, 5.74) is 10.2. The maximum Gasteiger partial charge on any atom is 0.164 e. The molecule has 0 saturated heterocycles. The number of hydrogen-bond donors (Lipinski definition) is 1. The van der Waals surface area contributed by atoms with E-state index in [-0.39, 0.29) is 18.3 Å². The van der Waals surface area contributed by atoms with Crippen LogP contribution >= 0.6 is 12.4 Å². The Labute approximate surface area is 207 Å². The largest absolute Gasteiger partial charge is 0.498 e. The zero-order chi connectivity index (χ0) is 23.6. The first kappa shape index (κ1) is 25.7. The van der Waals surface area contributed by atoms with Crippen LogP contribution in [0.25, 0.3) is 6.08 Å². The van der Waals surface area contributed by atoms with Gasteiger partial charge in [-0.25, -0.2) is 0 Å². The molecule has 2 N–H and O–H groups in total. The van der Waals surface area contributed by atoms with Crippen LogP contribution in [0, 0.1) is 0 Å². The molecule has 2 unspecified atom stereocenters. The van der Waals surface area contributed by atoms with Gasteiger partial charge in [0.1, 0.15) is 17.3 Å². The number of hydrogen-bond acceptors (Lipinski definition) is 5. The van der Waals surface area contributed by atoms with Crippen LogP contribution in [0.4, 0.5) is 0 Å². The minimum absolute atomic E-state index is 0. The summed E-state index contributed by atoms with van der Waals surface area (Å²) in [6, 6.07) is 18.2. The summed E-state index contributed by atoms with van der Waals surface area (Å²) in [5.74, 6) is 1.94. The SMILES string of the molecule is COC1=Cc2c(cc(CCN)n2C)C(c2ccccc2OC)C1(OC)c1ccccc1OC.Cl. The Balaban J connectivity index is 0.00000324. The summed E-state index contributed by atoms with van der Waals surface area (Å²) < 4.78 is 26.3. The molecule has 6 nitrogen and oxygen atoms in total. The van der Waals surface area contributed by atoms with Gasteiger partial charge in [-0.15, -0.1) is 12.4 Å². The van der Waals surface area contributed by atoms with Crippen molar-refractivity contribution in [3.8, 4) is 11.5 Å². The first-order valence-corrected chi connectivity index (χ1v) is 11.0. The number of halogens is 1. The van der Waals surface area contributed by atoms with Gasteiger partial charge in [-0.05, 0) is 36.7 Å². The Kier molecular flexibility index (Phi) is 7.97. The van der Waals surface area contributed by atoms with Crippen LogP contribution in [0.15, 0.2) is 60.4 Å². The van der Waals surface area contributed by atoms with Crippen molar-refractivity contribution in [1.29, 1.82) is 0 Å². The summed E-state index contributed by atoms with van der Waals surface area (Å²) in [6.45, 7) is 0.568. The predicted molar refractivity (Wildman–Crippen MR) is 137 cm³/mol. The second kappa shape index (κ2) is 10.6. The Hall–Kier alpha value is -2.93. The predicted octanol–water partition coefficient (Wildman–Crippen LogP) is 4.64. The molecule has 1 heterocycles. The third-order valence-electron chi connectivity index (χ3n) is 6.66. The van der Waals surface area contributed by atoms with E-state index in [4.69, 9.17) is 24.7 Å². The second-order valence-electron chi connectivity index (χ2n) is 8.10. The average Bonchev–Trinajstić information content (AvgIpc) is 3.17. The number of benzene rings is 2. The smallest absolute Gasteiger partial charge is 0.164 e. The fourth-order valence-electron chi connectivity index (χ4n) is 5.16. The molecule has 34 heavy (non-hydrogen) atoms. The lowest BCUT2D eigenvalue weighted by atomic mass is 9.68. The van der Waals surface area contributed by atoms with Crippen molar-refractivity contribution in [2.24, 2.45) is 12.8 Å². The van der Waals surface area contributed by atoms with Gasteiger partial charge < -0.3 is 29.2 Å². The summed E-state index contributed by atoms with van der Waals surface area (Å²) >= 11 is 0. The Morgan fingerprint density at radius 2 is 1.53 bits per heavy atom. The van der Waals surface area contributed by atoms with Crippen molar-refractivity contribution < 1.29 is 18.9 Å². The van der Waals surface area contributed by atoms with E-state index >= 15 is 0 Å². The number of fused-ring (bicyclic) bond motifs is 1. The molecular weight excluding hydrogens is 452 g/mol. The zero-order valence-corrected chi connectivity index (χ0v) is 21.1. The van der Waals surface area contributed by atoms with E-state index in [9.17, 15) is 0 Å². The Morgan fingerprint density at radius 3 is 2.15 bits per heavy atom. The molecule has 0 fully saturated rings. The highest BCUT2D eigenvalue weighted by atomic mass is 35.5. The average molecular weight is 485 g/mol. The number of rotatable bonds is 8. The van der Waals surface area contributed by atoms with E-state index < -0.39 is 5.60 Å². The van der Waals surface area contributed by atoms with E-state index in [2.05, 4.69) is 29.8 Å². The van der Waals surface area contributed by atoms with E-state index in [1.807, 2.05) is 42.5 Å². The summed E-state index contributed by atoms with van der Waals surface area (Å²) in [5, 5.41) is 0. The third kappa shape index (κ3) is 3.86. The molecule has 2 aromatic carbocycles. The van der Waals surface area contributed by atoms with Crippen molar-refractivity contribution >= 4 is 18.5 Å². The fourth-order valence-corrected chi connectivity index (χ4v) is 5.16. The van der Waals surface area contributed by atoms with Crippen molar-refractivity contribution in [2.75, 3.05) is 35.0 Å². The van der Waals surface area contributed by atoms with Crippen LogP contribution < -0.4 is 15.2 Å². The maximum absolute atomic E-state index is 6.48. The highest BCUT2D eigenvalue weighted by Gasteiger charge is 2.53. The monoisotopic (exact) mass is 484 g/mol. The molecule has 3 aromatic rings. The van der Waals surface area contributed by atoms with Crippen LogP contribution in [0.3, 0.4) is 0 Å². The number of methoxy groups -OCH3 is 4. The van der Waals surface area contributed by atoms with E-state index in [0.29, 0.717) is 12.3 Å². The van der Waals surface area contributed by atoms with Crippen LogP contribution in [-0.2, 0) is 28.5 Å². The van der Waals surface area contributed by atoms with Gasteiger partial charge >= 0.3 is 0 Å². The van der Waals surface area contributed by atoms with E-state index in [0.717, 1.165) is 46.0 Å². The Bertz CT molecular complexity index is 1170. The lowest BCUT2D eigenvalue weighted by molar-refractivity contribution is -0.0382. The number of para-hydroxylation sites is 2. The topological polar surface area (TPSA) is 67.9 Å². The molecule has 0 bridgehead atoms. The van der Waals surface area contributed by atoms with Gasteiger partial charge in [0.25, 0.3) is 0 Å². The third-order valence-corrected chi connectivity index (χ3v) is 6.66. The van der Waals surface area contributed by atoms with Gasteiger partial charge in [0.15, 0.2) is 5.60 Å². The van der Waals surface area contributed by atoms with Crippen LogP contribution in [0.5, 0.6) is 11.5 Å². The molecule has 7 heteroatoms. The van der Waals surface area contributed by atoms with Gasteiger partial charge in [0.05, 0.1) is 27.2 Å². The lowest BCUT2D eigenvalue weighted by Crippen LogP contribution is -2.41. The molecule has 1 aliphatic rings. The first-order chi connectivity index (χ1) is 16.1. The normalized spacial score (nSPS) is 19.0. The molecule has 0 saturated carbocycles. The molecule has 1 aromatic heterocycles. The lowest BCUT2D eigenvalue weighted by Gasteiger charge is -2.44. The number of nitrogens with zero attached hydrogens (tertiary/aromatic N) is 1. The van der Waals surface area contributed by atoms with Crippen molar-refractivity contribution in [2.45, 2.75) is 17.9 Å². The molecule has 0 radical (unpaired) electrons.